The Hall–Kier alpha value is -2.01. The van der Waals surface area contributed by atoms with Crippen LogP contribution in [0.2, 0.25) is 0 Å². The number of hydrogen-bond acceptors (Lipinski definition) is 7. The summed E-state index contributed by atoms with van der Waals surface area (Å²) in [4.78, 5) is 23.4. The van der Waals surface area contributed by atoms with Crippen LogP contribution in [0.3, 0.4) is 0 Å². The summed E-state index contributed by atoms with van der Waals surface area (Å²) < 4.78 is 22.5. The molecule has 2 heterocycles. The molecular weight excluding hydrogens is 404 g/mol. The van der Waals surface area contributed by atoms with Gasteiger partial charge in [-0.15, -0.1) is 11.3 Å². The minimum Gasteiger partial charge on any atom is -0.325 e. The van der Waals surface area contributed by atoms with Crippen LogP contribution in [0.25, 0.3) is 10.2 Å². The van der Waals surface area contributed by atoms with E-state index in [1.54, 1.807) is 17.7 Å². The smallest absolute Gasteiger partial charge is 0.238 e. The maximum absolute atomic E-state index is 12.3. The Bertz CT molecular complexity index is 1120. The molecule has 4 rings (SSSR count). The highest BCUT2D eigenvalue weighted by Gasteiger charge is 2.21. The van der Waals surface area contributed by atoms with E-state index < -0.39 is 10.0 Å². The summed E-state index contributed by atoms with van der Waals surface area (Å²) in [7, 11) is -3.74. The fourth-order valence-corrected chi connectivity index (χ4v) is 5.70. The monoisotopic (exact) mass is 420 g/mol. The molecule has 3 N–H and O–H groups in total. The van der Waals surface area contributed by atoms with Crippen molar-refractivity contribution in [3.8, 4) is 0 Å². The molecule has 1 aliphatic carbocycles. The van der Waals surface area contributed by atoms with Crippen LogP contribution in [0, 0.1) is 0 Å². The molecule has 0 saturated carbocycles. The maximum atomic E-state index is 12.3. The lowest BCUT2D eigenvalue weighted by Gasteiger charge is -2.07. The number of benzene rings is 1. The Morgan fingerprint density at radius 2 is 2.00 bits per heavy atom. The third kappa shape index (κ3) is 3.84. The van der Waals surface area contributed by atoms with E-state index >= 15 is 0 Å². The first-order valence-corrected chi connectivity index (χ1v) is 11.6. The van der Waals surface area contributed by atoms with E-state index in [4.69, 9.17) is 5.14 Å². The van der Waals surface area contributed by atoms with Crippen LogP contribution in [-0.2, 0) is 27.7 Å². The quantitative estimate of drug-likeness (QED) is 0.484. The molecule has 0 radical (unpaired) electrons. The number of nitrogens with two attached hydrogens (primary N) is 1. The summed E-state index contributed by atoms with van der Waals surface area (Å²) in [6.07, 6.45) is 4.83. The van der Waals surface area contributed by atoms with Gasteiger partial charge in [0.05, 0.1) is 10.6 Å². The van der Waals surface area contributed by atoms with Gasteiger partial charge >= 0.3 is 0 Å². The van der Waals surface area contributed by atoms with Crippen molar-refractivity contribution in [2.24, 2.45) is 5.14 Å². The van der Waals surface area contributed by atoms with E-state index in [1.165, 1.54) is 46.5 Å². The van der Waals surface area contributed by atoms with Crippen molar-refractivity contribution < 1.29 is 13.2 Å². The number of primary sulfonamides is 1. The first-order valence-electron chi connectivity index (χ1n) is 8.22. The fourth-order valence-electron chi connectivity index (χ4n) is 3.07. The highest BCUT2D eigenvalue weighted by molar-refractivity contribution is 8.00. The molecule has 0 aliphatic heterocycles. The van der Waals surface area contributed by atoms with E-state index in [2.05, 4.69) is 15.3 Å². The summed E-state index contributed by atoms with van der Waals surface area (Å²) in [6, 6.07) is 5.75. The normalized spacial score (nSPS) is 13.7. The number of aromatic nitrogens is 2. The third-order valence-electron chi connectivity index (χ3n) is 4.27. The summed E-state index contributed by atoms with van der Waals surface area (Å²) >= 11 is 3.10. The lowest BCUT2D eigenvalue weighted by molar-refractivity contribution is -0.113. The predicted molar refractivity (Wildman–Crippen MR) is 107 cm³/mol. The molecule has 7 nitrogen and oxygen atoms in total. The molecule has 0 fully saturated rings. The second kappa shape index (κ2) is 7.19. The number of sulfonamides is 1. The molecule has 27 heavy (non-hydrogen) atoms. The molecule has 10 heteroatoms. The number of carbonyl (C=O) groups is 1. The Morgan fingerprint density at radius 3 is 2.74 bits per heavy atom. The standard InChI is InChI=1S/C17H16N4O3S3/c18-27(23,24)11-6-4-10(5-7-11)21-14(22)8-25-16-15-12-2-1-3-13(12)26-17(15)20-9-19-16/h4-7,9H,1-3,8H2,(H,21,22)(H2,18,23,24). The van der Waals surface area contributed by atoms with E-state index in [9.17, 15) is 13.2 Å². The molecule has 2 aromatic heterocycles. The summed E-state index contributed by atoms with van der Waals surface area (Å²) in [5, 5.41) is 9.74. The van der Waals surface area contributed by atoms with Crippen molar-refractivity contribution in [3.63, 3.8) is 0 Å². The van der Waals surface area contributed by atoms with Crippen molar-refractivity contribution in [1.29, 1.82) is 0 Å². The number of rotatable bonds is 5. The number of thioether (sulfide) groups is 1. The molecule has 0 atom stereocenters. The summed E-state index contributed by atoms with van der Waals surface area (Å²) in [5.41, 5.74) is 1.84. The lowest BCUT2D eigenvalue weighted by atomic mass is 10.2. The zero-order valence-corrected chi connectivity index (χ0v) is 16.6. The van der Waals surface area contributed by atoms with Crippen molar-refractivity contribution in [1.82, 2.24) is 9.97 Å². The third-order valence-corrected chi connectivity index (χ3v) is 7.39. The zero-order chi connectivity index (χ0) is 19.0. The SMILES string of the molecule is NS(=O)(=O)c1ccc(NC(=O)CSc2ncnc3sc4c(c23)CCC4)cc1. The molecule has 0 bridgehead atoms. The minimum absolute atomic E-state index is 0.00423. The van der Waals surface area contributed by atoms with Gasteiger partial charge in [-0.1, -0.05) is 11.8 Å². The van der Waals surface area contributed by atoms with E-state index in [0.29, 0.717) is 5.69 Å². The molecule has 0 unspecified atom stereocenters. The van der Waals surface area contributed by atoms with Crippen LogP contribution < -0.4 is 10.5 Å². The molecule has 1 amide bonds. The average Bonchev–Trinajstić information content (AvgIpc) is 3.20. The Balaban J connectivity index is 1.45. The number of thiophene rings is 1. The van der Waals surface area contributed by atoms with Gasteiger partial charge < -0.3 is 5.32 Å². The first-order chi connectivity index (χ1) is 12.9. The van der Waals surface area contributed by atoms with Crippen LogP contribution in [0.5, 0.6) is 0 Å². The van der Waals surface area contributed by atoms with Crippen molar-refractivity contribution in [2.45, 2.75) is 29.2 Å². The van der Waals surface area contributed by atoms with Gasteiger partial charge in [-0.25, -0.2) is 23.5 Å². The first kappa shape index (κ1) is 18.4. The Kier molecular flexibility index (Phi) is 4.89. The molecular formula is C17H16N4O3S3. The molecule has 0 saturated heterocycles. The molecule has 0 spiro atoms. The van der Waals surface area contributed by atoms with Crippen molar-refractivity contribution in [3.05, 3.63) is 41.0 Å². The van der Waals surface area contributed by atoms with Crippen LogP contribution in [0.1, 0.15) is 16.9 Å². The largest absolute Gasteiger partial charge is 0.325 e. The van der Waals surface area contributed by atoms with Crippen LogP contribution in [0.4, 0.5) is 5.69 Å². The number of carbonyl (C=O) groups excluding carboxylic acids is 1. The molecule has 140 valence electrons. The number of amides is 1. The van der Waals surface area contributed by atoms with Gasteiger partial charge in [0.15, 0.2) is 0 Å². The number of aryl methyl sites for hydroxylation is 2. The number of nitrogens with one attached hydrogen (secondary N) is 1. The lowest BCUT2D eigenvalue weighted by Crippen LogP contribution is -2.15. The molecule has 1 aromatic carbocycles. The van der Waals surface area contributed by atoms with Crippen LogP contribution >= 0.6 is 23.1 Å². The van der Waals surface area contributed by atoms with Gasteiger partial charge in [-0.05, 0) is 49.1 Å². The van der Waals surface area contributed by atoms with Gasteiger partial charge in [0.25, 0.3) is 0 Å². The fraction of sp³-hybridized carbons (Fsp3) is 0.235. The van der Waals surface area contributed by atoms with Gasteiger partial charge in [0.2, 0.25) is 15.9 Å². The minimum atomic E-state index is -3.74. The number of fused-ring (bicyclic) bond motifs is 3. The van der Waals surface area contributed by atoms with Gasteiger partial charge in [-0.2, -0.15) is 0 Å². The number of hydrogen-bond donors (Lipinski definition) is 2. The van der Waals surface area contributed by atoms with Crippen molar-refractivity contribution in [2.75, 3.05) is 11.1 Å². The zero-order valence-electron chi connectivity index (χ0n) is 14.1. The topological polar surface area (TPSA) is 115 Å². The molecule has 1 aliphatic rings. The number of nitrogens with zero attached hydrogens (tertiary/aromatic N) is 2. The highest BCUT2D eigenvalue weighted by atomic mass is 32.2. The second-order valence-electron chi connectivity index (χ2n) is 6.12. The van der Waals surface area contributed by atoms with E-state index in [0.717, 1.165) is 34.5 Å². The van der Waals surface area contributed by atoms with Crippen LogP contribution in [0.15, 0.2) is 40.5 Å². The Morgan fingerprint density at radius 1 is 1.22 bits per heavy atom. The summed E-state index contributed by atoms with van der Waals surface area (Å²) in [5.74, 6) is 0.00946. The summed E-state index contributed by atoms with van der Waals surface area (Å²) in [6.45, 7) is 0. The van der Waals surface area contributed by atoms with E-state index in [-0.39, 0.29) is 16.6 Å². The van der Waals surface area contributed by atoms with Gasteiger partial charge in [0, 0.05) is 16.0 Å². The Labute approximate surface area is 164 Å². The average molecular weight is 421 g/mol. The molecule has 3 aromatic rings. The maximum Gasteiger partial charge on any atom is 0.238 e. The van der Waals surface area contributed by atoms with Crippen molar-refractivity contribution >= 4 is 54.9 Å². The van der Waals surface area contributed by atoms with Gasteiger partial charge in [-0.3, -0.25) is 4.79 Å². The number of anilines is 1. The van der Waals surface area contributed by atoms with Gasteiger partial charge in [0.1, 0.15) is 16.2 Å². The van der Waals surface area contributed by atoms with E-state index in [1.807, 2.05) is 0 Å². The highest BCUT2D eigenvalue weighted by Crippen LogP contribution is 2.39. The second-order valence-corrected chi connectivity index (χ2v) is 9.73. The van der Waals surface area contributed by atoms with Crippen LogP contribution in [-0.4, -0.2) is 30.0 Å². The predicted octanol–water partition coefficient (Wildman–Crippen LogP) is 2.56.